The number of aryl methyl sites for hydroxylation is 1. The lowest BCUT2D eigenvalue weighted by atomic mass is 9.89. The lowest BCUT2D eigenvalue weighted by Crippen LogP contribution is -2.60. The Kier molecular flexibility index (Phi) is 4.83. The molecule has 2 amide bonds. The van der Waals surface area contributed by atoms with Crippen LogP contribution in [0.3, 0.4) is 0 Å². The fourth-order valence-corrected chi connectivity index (χ4v) is 3.80. The molecule has 1 aromatic rings. The van der Waals surface area contributed by atoms with Gasteiger partial charge < -0.3 is 16.0 Å². The molecule has 0 bridgehead atoms. The van der Waals surface area contributed by atoms with Crippen molar-refractivity contribution in [2.24, 2.45) is 18.7 Å². The van der Waals surface area contributed by atoms with E-state index in [-0.39, 0.29) is 23.7 Å². The SMILES string of the molecule is Cn1cc([C@H]2CNC[C@@H]2C(=O)N2CCN(C(C)(C)C(N)=O)CC2)cn1. The van der Waals surface area contributed by atoms with Crippen LogP contribution in [0.15, 0.2) is 12.4 Å². The highest BCUT2D eigenvalue weighted by Gasteiger charge is 2.40. The molecule has 0 aromatic carbocycles. The Hall–Kier alpha value is -1.93. The zero-order valence-corrected chi connectivity index (χ0v) is 15.2. The van der Waals surface area contributed by atoms with E-state index in [1.165, 1.54) is 0 Å². The van der Waals surface area contributed by atoms with Gasteiger partial charge in [0.2, 0.25) is 11.8 Å². The molecule has 8 nitrogen and oxygen atoms in total. The largest absolute Gasteiger partial charge is 0.368 e. The third-order valence-electron chi connectivity index (χ3n) is 5.67. The number of hydrogen-bond acceptors (Lipinski definition) is 5. The lowest BCUT2D eigenvalue weighted by Gasteiger charge is -2.43. The van der Waals surface area contributed by atoms with Crippen molar-refractivity contribution in [2.75, 3.05) is 39.3 Å². The van der Waals surface area contributed by atoms with Crippen LogP contribution < -0.4 is 11.1 Å². The van der Waals surface area contributed by atoms with E-state index in [0.717, 1.165) is 12.1 Å². The molecule has 0 radical (unpaired) electrons. The number of primary amides is 1. The van der Waals surface area contributed by atoms with Crippen molar-refractivity contribution in [3.63, 3.8) is 0 Å². The molecule has 0 unspecified atom stereocenters. The molecule has 2 atom stereocenters. The zero-order chi connectivity index (χ0) is 18.2. The molecular formula is C17H28N6O2. The van der Waals surface area contributed by atoms with Gasteiger partial charge in [0.25, 0.3) is 0 Å². The molecule has 2 saturated heterocycles. The van der Waals surface area contributed by atoms with E-state index in [2.05, 4.69) is 15.3 Å². The molecule has 3 heterocycles. The van der Waals surface area contributed by atoms with Crippen molar-refractivity contribution in [3.8, 4) is 0 Å². The third kappa shape index (κ3) is 3.41. The number of amides is 2. The van der Waals surface area contributed by atoms with E-state index in [1.54, 1.807) is 4.68 Å². The van der Waals surface area contributed by atoms with Crippen molar-refractivity contribution in [1.29, 1.82) is 0 Å². The number of hydrogen-bond donors (Lipinski definition) is 2. The maximum atomic E-state index is 13.0. The average molecular weight is 348 g/mol. The highest BCUT2D eigenvalue weighted by molar-refractivity contribution is 5.84. The first-order valence-electron chi connectivity index (χ1n) is 8.83. The molecule has 3 N–H and O–H groups in total. The monoisotopic (exact) mass is 348 g/mol. The smallest absolute Gasteiger partial charge is 0.237 e. The number of piperazine rings is 1. The van der Waals surface area contributed by atoms with Gasteiger partial charge in [0.05, 0.1) is 17.7 Å². The van der Waals surface area contributed by atoms with Crippen LogP contribution in [-0.4, -0.2) is 76.2 Å². The van der Waals surface area contributed by atoms with E-state index in [9.17, 15) is 9.59 Å². The van der Waals surface area contributed by atoms with Gasteiger partial charge in [-0.05, 0) is 19.4 Å². The van der Waals surface area contributed by atoms with E-state index in [1.807, 2.05) is 38.2 Å². The molecule has 2 aliphatic rings. The number of nitrogens with zero attached hydrogens (tertiary/aromatic N) is 4. The molecule has 2 fully saturated rings. The van der Waals surface area contributed by atoms with Gasteiger partial charge >= 0.3 is 0 Å². The van der Waals surface area contributed by atoms with Crippen LogP contribution >= 0.6 is 0 Å². The summed E-state index contributed by atoms with van der Waals surface area (Å²) in [7, 11) is 1.89. The minimum Gasteiger partial charge on any atom is -0.368 e. The molecule has 2 aliphatic heterocycles. The Morgan fingerprint density at radius 3 is 2.48 bits per heavy atom. The summed E-state index contributed by atoms with van der Waals surface area (Å²) in [6.45, 7) is 7.77. The first-order valence-corrected chi connectivity index (χ1v) is 8.83. The molecule has 0 saturated carbocycles. The van der Waals surface area contributed by atoms with Crippen LogP contribution in [-0.2, 0) is 16.6 Å². The van der Waals surface area contributed by atoms with Crippen LogP contribution in [0.5, 0.6) is 0 Å². The number of carbonyl (C=O) groups excluding carboxylic acids is 2. The Labute approximate surface area is 148 Å². The van der Waals surface area contributed by atoms with Crippen LogP contribution in [0.2, 0.25) is 0 Å². The summed E-state index contributed by atoms with van der Waals surface area (Å²) < 4.78 is 1.78. The lowest BCUT2D eigenvalue weighted by molar-refractivity contribution is -0.139. The predicted octanol–water partition coefficient (Wildman–Crippen LogP) is -0.869. The Morgan fingerprint density at radius 1 is 1.24 bits per heavy atom. The first-order chi connectivity index (χ1) is 11.8. The zero-order valence-electron chi connectivity index (χ0n) is 15.2. The van der Waals surface area contributed by atoms with Gasteiger partial charge in [-0.3, -0.25) is 19.2 Å². The molecule has 3 rings (SSSR count). The van der Waals surface area contributed by atoms with Crippen molar-refractivity contribution in [3.05, 3.63) is 18.0 Å². The Morgan fingerprint density at radius 2 is 1.92 bits per heavy atom. The highest BCUT2D eigenvalue weighted by Crippen LogP contribution is 2.30. The maximum Gasteiger partial charge on any atom is 0.237 e. The standard InChI is InChI=1S/C17H28N6O2/c1-17(2,16(18)25)23-6-4-22(5-7-23)15(24)14-10-19-9-13(14)12-8-20-21(3)11-12/h8,11,13-14,19H,4-7,9-10H2,1-3H3,(H2,18,25)/t13-,14+/m1/s1. The number of rotatable bonds is 4. The molecular weight excluding hydrogens is 320 g/mol. The third-order valence-corrected chi connectivity index (χ3v) is 5.67. The van der Waals surface area contributed by atoms with Crippen LogP contribution in [0.1, 0.15) is 25.3 Å². The van der Waals surface area contributed by atoms with Crippen LogP contribution in [0.4, 0.5) is 0 Å². The quantitative estimate of drug-likeness (QED) is 0.737. The molecule has 25 heavy (non-hydrogen) atoms. The Balaban J connectivity index is 1.63. The summed E-state index contributed by atoms with van der Waals surface area (Å²) >= 11 is 0. The second-order valence-electron chi connectivity index (χ2n) is 7.55. The van der Waals surface area contributed by atoms with Gasteiger partial charge in [0.15, 0.2) is 0 Å². The molecule has 1 aromatic heterocycles. The summed E-state index contributed by atoms with van der Waals surface area (Å²) in [6, 6.07) is 0. The van der Waals surface area contributed by atoms with Crippen LogP contribution in [0, 0.1) is 5.92 Å². The molecule has 138 valence electrons. The van der Waals surface area contributed by atoms with Gasteiger partial charge in [-0.25, -0.2) is 0 Å². The second-order valence-corrected chi connectivity index (χ2v) is 7.55. The molecule has 8 heteroatoms. The number of nitrogens with one attached hydrogen (secondary N) is 1. The normalized spacial score (nSPS) is 25.3. The molecule has 0 spiro atoms. The van der Waals surface area contributed by atoms with Gasteiger partial charge in [-0.2, -0.15) is 5.10 Å². The van der Waals surface area contributed by atoms with Crippen molar-refractivity contribution in [2.45, 2.75) is 25.3 Å². The van der Waals surface area contributed by atoms with E-state index in [4.69, 9.17) is 5.73 Å². The number of aromatic nitrogens is 2. The van der Waals surface area contributed by atoms with Crippen LogP contribution in [0.25, 0.3) is 0 Å². The average Bonchev–Trinajstić information content (AvgIpc) is 3.22. The summed E-state index contributed by atoms with van der Waals surface area (Å²) in [5.74, 6) is -0.0273. The minimum atomic E-state index is -0.678. The highest BCUT2D eigenvalue weighted by atomic mass is 16.2. The topological polar surface area (TPSA) is 96.5 Å². The van der Waals surface area contributed by atoms with Crippen molar-refractivity contribution < 1.29 is 9.59 Å². The van der Waals surface area contributed by atoms with Crippen molar-refractivity contribution in [1.82, 2.24) is 24.9 Å². The second kappa shape index (κ2) is 6.76. The number of nitrogens with two attached hydrogens (primary N) is 1. The summed E-state index contributed by atoms with van der Waals surface area (Å²) in [6.07, 6.45) is 3.84. The van der Waals surface area contributed by atoms with E-state index in [0.29, 0.717) is 32.7 Å². The van der Waals surface area contributed by atoms with Gasteiger partial charge in [-0.15, -0.1) is 0 Å². The first kappa shape index (κ1) is 17.9. The molecule has 0 aliphatic carbocycles. The predicted molar refractivity (Wildman–Crippen MR) is 93.7 cm³/mol. The van der Waals surface area contributed by atoms with E-state index < -0.39 is 5.54 Å². The van der Waals surface area contributed by atoms with Gasteiger partial charge in [0, 0.05) is 58.4 Å². The summed E-state index contributed by atoms with van der Waals surface area (Å²) in [5, 5.41) is 7.58. The van der Waals surface area contributed by atoms with E-state index >= 15 is 0 Å². The van der Waals surface area contributed by atoms with Gasteiger partial charge in [-0.1, -0.05) is 0 Å². The Bertz CT molecular complexity index is 647. The number of carbonyl (C=O) groups is 2. The van der Waals surface area contributed by atoms with Gasteiger partial charge in [0.1, 0.15) is 0 Å². The summed E-state index contributed by atoms with van der Waals surface area (Å²) in [4.78, 5) is 28.6. The minimum absolute atomic E-state index is 0.0556. The fourth-order valence-electron chi connectivity index (χ4n) is 3.80. The summed E-state index contributed by atoms with van der Waals surface area (Å²) in [5.41, 5.74) is 5.93. The maximum absolute atomic E-state index is 13.0. The fraction of sp³-hybridized carbons (Fsp3) is 0.706. The van der Waals surface area contributed by atoms with Crippen molar-refractivity contribution >= 4 is 11.8 Å².